The molecule has 23 heavy (non-hydrogen) atoms. The molecule has 0 aliphatic rings. The molecular formula is C18H21ClN2O2. The van der Waals surface area contributed by atoms with E-state index in [1.54, 1.807) is 19.2 Å². The van der Waals surface area contributed by atoms with Gasteiger partial charge in [0, 0.05) is 16.8 Å². The van der Waals surface area contributed by atoms with Crippen LogP contribution in [0.1, 0.15) is 16.7 Å². The molecule has 2 N–H and O–H groups in total. The highest BCUT2D eigenvalue weighted by Crippen LogP contribution is 2.30. The lowest BCUT2D eigenvalue weighted by Gasteiger charge is -2.14. The highest BCUT2D eigenvalue weighted by molar-refractivity contribution is 6.31. The van der Waals surface area contributed by atoms with Crippen LogP contribution >= 0.6 is 11.6 Å². The van der Waals surface area contributed by atoms with E-state index >= 15 is 0 Å². The lowest BCUT2D eigenvalue weighted by atomic mass is 10.1. The van der Waals surface area contributed by atoms with E-state index in [-0.39, 0.29) is 12.5 Å². The molecule has 4 nitrogen and oxygen atoms in total. The average Bonchev–Trinajstić information content (AvgIpc) is 2.51. The summed E-state index contributed by atoms with van der Waals surface area (Å²) in [4.78, 5) is 12.2. The maximum absolute atomic E-state index is 12.2. The molecule has 0 atom stereocenters. The van der Waals surface area contributed by atoms with Gasteiger partial charge in [-0.1, -0.05) is 23.7 Å². The summed E-state index contributed by atoms with van der Waals surface area (Å²) in [6.07, 6.45) is 0. The van der Waals surface area contributed by atoms with Crippen molar-refractivity contribution in [3.63, 3.8) is 0 Å². The zero-order valence-electron chi connectivity index (χ0n) is 13.8. The van der Waals surface area contributed by atoms with Gasteiger partial charge in [-0.25, -0.2) is 0 Å². The number of hydrogen-bond donors (Lipinski definition) is 2. The Morgan fingerprint density at radius 2 is 1.83 bits per heavy atom. The number of benzene rings is 2. The van der Waals surface area contributed by atoms with Crippen LogP contribution in [0.2, 0.25) is 5.02 Å². The fourth-order valence-corrected chi connectivity index (χ4v) is 2.38. The maximum Gasteiger partial charge on any atom is 0.243 e. The maximum atomic E-state index is 12.2. The number of hydrogen-bond acceptors (Lipinski definition) is 3. The van der Waals surface area contributed by atoms with Gasteiger partial charge in [0.1, 0.15) is 5.75 Å². The Hall–Kier alpha value is -2.20. The van der Waals surface area contributed by atoms with Crippen molar-refractivity contribution in [1.82, 2.24) is 0 Å². The van der Waals surface area contributed by atoms with Crippen molar-refractivity contribution < 1.29 is 9.53 Å². The topological polar surface area (TPSA) is 50.4 Å². The number of carbonyl (C=O) groups excluding carboxylic acids is 1. The Labute approximate surface area is 141 Å². The molecule has 5 heteroatoms. The van der Waals surface area contributed by atoms with Gasteiger partial charge in [0.15, 0.2) is 0 Å². The number of aryl methyl sites for hydroxylation is 3. The van der Waals surface area contributed by atoms with Crippen molar-refractivity contribution in [2.45, 2.75) is 20.8 Å². The average molecular weight is 333 g/mol. The predicted molar refractivity (Wildman–Crippen MR) is 95.8 cm³/mol. The first kappa shape index (κ1) is 17.2. The smallest absolute Gasteiger partial charge is 0.243 e. The number of rotatable bonds is 5. The van der Waals surface area contributed by atoms with E-state index in [0.29, 0.717) is 16.5 Å². The molecule has 0 unspecified atom stereocenters. The fraction of sp³-hybridized carbons (Fsp3) is 0.278. The van der Waals surface area contributed by atoms with E-state index in [0.717, 1.165) is 22.4 Å². The minimum atomic E-state index is -0.147. The largest absolute Gasteiger partial charge is 0.495 e. The van der Waals surface area contributed by atoms with Gasteiger partial charge in [-0.15, -0.1) is 0 Å². The Kier molecular flexibility index (Phi) is 5.50. The number of halogens is 1. The van der Waals surface area contributed by atoms with Gasteiger partial charge in [0.05, 0.1) is 19.3 Å². The third-order valence-corrected chi connectivity index (χ3v) is 3.99. The van der Waals surface area contributed by atoms with Crippen LogP contribution in [0.4, 0.5) is 11.4 Å². The normalized spacial score (nSPS) is 10.3. The molecular weight excluding hydrogens is 312 g/mol. The van der Waals surface area contributed by atoms with Crippen LogP contribution in [0.15, 0.2) is 30.3 Å². The monoisotopic (exact) mass is 332 g/mol. The predicted octanol–water partition coefficient (Wildman–Crippen LogP) is 4.32. The molecule has 0 aromatic heterocycles. The number of anilines is 2. The van der Waals surface area contributed by atoms with Crippen LogP contribution in [0.3, 0.4) is 0 Å². The van der Waals surface area contributed by atoms with E-state index in [9.17, 15) is 4.79 Å². The molecule has 2 aromatic carbocycles. The Balaban J connectivity index is 2.05. The third kappa shape index (κ3) is 4.39. The highest BCUT2D eigenvalue weighted by atomic mass is 35.5. The van der Waals surface area contributed by atoms with E-state index in [1.165, 1.54) is 0 Å². The molecule has 2 aromatic rings. The summed E-state index contributed by atoms with van der Waals surface area (Å²) < 4.78 is 5.26. The molecule has 0 aliphatic carbocycles. The molecule has 0 bridgehead atoms. The van der Waals surface area contributed by atoms with Crippen LogP contribution in [-0.2, 0) is 4.79 Å². The highest BCUT2D eigenvalue weighted by Gasteiger charge is 2.10. The van der Waals surface area contributed by atoms with Crippen molar-refractivity contribution >= 4 is 28.9 Å². The summed E-state index contributed by atoms with van der Waals surface area (Å²) in [5.74, 6) is 0.395. The molecule has 0 saturated heterocycles. The Morgan fingerprint density at radius 3 is 2.52 bits per heavy atom. The molecule has 2 rings (SSSR count). The molecule has 0 saturated carbocycles. The minimum Gasteiger partial charge on any atom is -0.495 e. The Morgan fingerprint density at radius 1 is 1.09 bits per heavy atom. The van der Waals surface area contributed by atoms with Gasteiger partial charge in [-0.05, 0) is 49.6 Å². The molecule has 0 radical (unpaired) electrons. The minimum absolute atomic E-state index is 0.147. The number of carbonyl (C=O) groups is 1. The van der Waals surface area contributed by atoms with Crippen molar-refractivity contribution in [3.05, 3.63) is 52.0 Å². The van der Waals surface area contributed by atoms with Crippen molar-refractivity contribution in [3.8, 4) is 5.75 Å². The molecule has 1 amide bonds. The van der Waals surface area contributed by atoms with E-state index in [1.807, 2.05) is 39.0 Å². The Bertz CT molecular complexity index is 729. The molecule has 0 aliphatic heterocycles. The van der Waals surface area contributed by atoms with Crippen molar-refractivity contribution in [2.24, 2.45) is 0 Å². The first-order chi connectivity index (χ1) is 10.9. The van der Waals surface area contributed by atoms with Crippen LogP contribution in [0.5, 0.6) is 5.75 Å². The third-order valence-electron chi connectivity index (χ3n) is 3.59. The summed E-state index contributed by atoms with van der Waals surface area (Å²) >= 11 is 6.07. The van der Waals surface area contributed by atoms with Gasteiger partial charge in [-0.2, -0.15) is 0 Å². The number of methoxy groups -OCH3 is 1. The van der Waals surface area contributed by atoms with Crippen molar-refractivity contribution in [1.29, 1.82) is 0 Å². The van der Waals surface area contributed by atoms with Gasteiger partial charge < -0.3 is 15.4 Å². The van der Waals surface area contributed by atoms with Crippen LogP contribution < -0.4 is 15.4 Å². The van der Waals surface area contributed by atoms with Crippen LogP contribution in [0.25, 0.3) is 0 Å². The van der Waals surface area contributed by atoms with Crippen LogP contribution in [-0.4, -0.2) is 19.6 Å². The summed E-state index contributed by atoms with van der Waals surface area (Å²) in [7, 11) is 1.55. The lowest BCUT2D eigenvalue weighted by molar-refractivity contribution is -0.114. The van der Waals surface area contributed by atoms with Gasteiger partial charge in [0.2, 0.25) is 5.91 Å². The standard InChI is InChI=1S/C18H21ClN2O2/c1-11-5-6-12(2)15(7-11)20-10-18(22)21-16-8-13(3)14(19)9-17(16)23-4/h5-9,20H,10H2,1-4H3,(H,21,22). The number of nitrogens with one attached hydrogen (secondary N) is 2. The number of amides is 1. The molecule has 0 spiro atoms. The zero-order valence-corrected chi connectivity index (χ0v) is 14.5. The summed E-state index contributed by atoms with van der Waals surface area (Å²) in [5.41, 5.74) is 4.70. The molecule has 0 fully saturated rings. The van der Waals surface area contributed by atoms with Crippen molar-refractivity contribution in [2.75, 3.05) is 24.3 Å². The summed E-state index contributed by atoms with van der Waals surface area (Å²) in [6.45, 7) is 6.08. The second-order valence-corrected chi connectivity index (χ2v) is 5.93. The van der Waals surface area contributed by atoms with E-state index in [4.69, 9.17) is 16.3 Å². The van der Waals surface area contributed by atoms with E-state index in [2.05, 4.69) is 10.6 Å². The first-order valence-electron chi connectivity index (χ1n) is 7.36. The second kappa shape index (κ2) is 7.38. The van der Waals surface area contributed by atoms with Gasteiger partial charge >= 0.3 is 0 Å². The van der Waals surface area contributed by atoms with Gasteiger partial charge in [0.25, 0.3) is 0 Å². The van der Waals surface area contributed by atoms with Crippen LogP contribution in [0, 0.1) is 20.8 Å². The summed E-state index contributed by atoms with van der Waals surface area (Å²) in [5, 5.41) is 6.61. The first-order valence-corrected chi connectivity index (χ1v) is 7.73. The molecule has 122 valence electrons. The van der Waals surface area contributed by atoms with E-state index < -0.39 is 0 Å². The SMILES string of the molecule is COc1cc(Cl)c(C)cc1NC(=O)CNc1cc(C)ccc1C. The molecule has 0 heterocycles. The summed E-state index contributed by atoms with van der Waals surface area (Å²) in [6, 6.07) is 9.60. The zero-order chi connectivity index (χ0) is 17.0. The number of ether oxygens (including phenoxy) is 1. The second-order valence-electron chi connectivity index (χ2n) is 5.52. The van der Waals surface area contributed by atoms with Gasteiger partial charge in [-0.3, -0.25) is 4.79 Å². The lowest BCUT2D eigenvalue weighted by Crippen LogP contribution is -2.22. The quantitative estimate of drug-likeness (QED) is 0.857. The fourth-order valence-electron chi connectivity index (χ4n) is 2.23.